The Morgan fingerprint density at radius 3 is 2.64 bits per heavy atom. The summed E-state index contributed by atoms with van der Waals surface area (Å²) in [7, 11) is 3.10. The van der Waals surface area contributed by atoms with Gasteiger partial charge in [-0.15, -0.1) is 0 Å². The van der Waals surface area contributed by atoms with Gasteiger partial charge < -0.3 is 14.4 Å². The van der Waals surface area contributed by atoms with Crippen molar-refractivity contribution in [1.82, 2.24) is 24.6 Å². The van der Waals surface area contributed by atoms with E-state index in [0.29, 0.717) is 5.88 Å². The Morgan fingerprint density at radius 1 is 1.04 bits per heavy atom. The molecule has 3 aromatic rings. The van der Waals surface area contributed by atoms with Crippen LogP contribution in [0.2, 0.25) is 0 Å². The number of rotatable bonds is 4. The Morgan fingerprint density at radius 2 is 1.88 bits per heavy atom. The zero-order valence-corrected chi connectivity index (χ0v) is 14.3. The van der Waals surface area contributed by atoms with E-state index in [1.54, 1.807) is 24.0 Å². The van der Waals surface area contributed by atoms with Crippen molar-refractivity contribution in [2.45, 2.75) is 19.3 Å². The molecule has 1 aliphatic rings. The minimum Gasteiger partial charge on any atom is -0.480 e. The van der Waals surface area contributed by atoms with Crippen LogP contribution in [0.5, 0.6) is 11.9 Å². The number of hydrogen-bond acceptors (Lipinski definition) is 7. The maximum absolute atomic E-state index is 5.41. The van der Waals surface area contributed by atoms with Gasteiger partial charge in [-0.05, 0) is 25.3 Å². The van der Waals surface area contributed by atoms with Crippen LogP contribution in [0.1, 0.15) is 19.3 Å². The van der Waals surface area contributed by atoms with E-state index in [9.17, 15) is 0 Å². The fourth-order valence-electron chi connectivity index (χ4n) is 3.18. The third-order valence-electron chi connectivity index (χ3n) is 4.42. The van der Waals surface area contributed by atoms with Gasteiger partial charge in [-0.25, -0.2) is 14.5 Å². The van der Waals surface area contributed by atoms with Crippen LogP contribution >= 0.6 is 0 Å². The first-order valence-corrected chi connectivity index (χ1v) is 8.35. The van der Waals surface area contributed by atoms with Crippen molar-refractivity contribution in [3.63, 3.8) is 0 Å². The Kier molecular flexibility index (Phi) is 4.09. The third kappa shape index (κ3) is 2.84. The van der Waals surface area contributed by atoms with E-state index in [4.69, 9.17) is 9.47 Å². The number of ether oxygens (including phenoxy) is 2. The van der Waals surface area contributed by atoms with E-state index in [-0.39, 0.29) is 6.01 Å². The molecule has 0 radical (unpaired) electrons. The predicted octanol–water partition coefficient (Wildman–Crippen LogP) is 2.19. The monoisotopic (exact) mass is 340 g/mol. The molecule has 0 spiro atoms. The summed E-state index contributed by atoms with van der Waals surface area (Å²) in [5, 5.41) is 4.65. The molecule has 4 rings (SSSR count). The molecule has 0 amide bonds. The number of methoxy groups -OCH3 is 2. The first kappa shape index (κ1) is 15.6. The van der Waals surface area contributed by atoms with Crippen LogP contribution in [0.25, 0.3) is 16.9 Å². The van der Waals surface area contributed by atoms with Gasteiger partial charge in [0.25, 0.3) is 0 Å². The molecule has 1 aliphatic heterocycles. The van der Waals surface area contributed by atoms with Crippen LogP contribution in [-0.4, -0.2) is 51.9 Å². The molecule has 0 unspecified atom stereocenters. The zero-order valence-electron chi connectivity index (χ0n) is 14.3. The van der Waals surface area contributed by atoms with Gasteiger partial charge in [0, 0.05) is 31.7 Å². The van der Waals surface area contributed by atoms with Gasteiger partial charge in [-0.3, -0.25) is 0 Å². The maximum atomic E-state index is 5.41. The fourth-order valence-corrected chi connectivity index (χ4v) is 3.18. The quantitative estimate of drug-likeness (QED) is 0.720. The second-order valence-corrected chi connectivity index (χ2v) is 5.94. The predicted molar refractivity (Wildman–Crippen MR) is 93.2 cm³/mol. The molecule has 130 valence electrons. The molecule has 8 nitrogen and oxygen atoms in total. The van der Waals surface area contributed by atoms with Gasteiger partial charge in [-0.2, -0.15) is 10.1 Å². The van der Waals surface area contributed by atoms with Crippen molar-refractivity contribution >= 4 is 11.3 Å². The second-order valence-electron chi connectivity index (χ2n) is 5.94. The van der Waals surface area contributed by atoms with Crippen molar-refractivity contribution in [3.05, 3.63) is 24.7 Å². The van der Waals surface area contributed by atoms with Crippen molar-refractivity contribution < 1.29 is 9.47 Å². The van der Waals surface area contributed by atoms with Gasteiger partial charge in [0.1, 0.15) is 5.69 Å². The summed E-state index contributed by atoms with van der Waals surface area (Å²) < 4.78 is 12.3. The molecule has 3 aromatic heterocycles. The van der Waals surface area contributed by atoms with Crippen LogP contribution in [0.3, 0.4) is 0 Å². The SMILES string of the molecule is COc1ncc(-c2cc(N3CCCCC3)c3nccn3n2)c(OC)n1. The molecular formula is C17H20N6O2. The summed E-state index contributed by atoms with van der Waals surface area (Å²) in [5.74, 6) is 0.434. The van der Waals surface area contributed by atoms with Crippen molar-refractivity contribution in [2.24, 2.45) is 0 Å². The minimum atomic E-state index is 0.264. The van der Waals surface area contributed by atoms with Crippen molar-refractivity contribution in [3.8, 4) is 23.1 Å². The lowest BCUT2D eigenvalue weighted by atomic mass is 10.1. The molecule has 1 saturated heterocycles. The first-order chi connectivity index (χ1) is 12.3. The molecular weight excluding hydrogens is 320 g/mol. The van der Waals surface area contributed by atoms with E-state index >= 15 is 0 Å². The van der Waals surface area contributed by atoms with Gasteiger partial charge in [0.15, 0.2) is 5.65 Å². The highest BCUT2D eigenvalue weighted by Gasteiger charge is 2.19. The smallest absolute Gasteiger partial charge is 0.319 e. The summed E-state index contributed by atoms with van der Waals surface area (Å²) in [6, 6.07) is 2.31. The zero-order chi connectivity index (χ0) is 17.2. The second kappa shape index (κ2) is 6.54. The van der Waals surface area contributed by atoms with Crippen molar-refractivity contribution in [1.29, 1.82) is 0 Å². The lowest BCUT2D eigenvalue weighted by Crippen LogP contribution is -2.30. The summed E-state index contributed by atoms with van der Waals surface area (Å²) >= 11 is 0. The normalized spacial score (nSPS) is 14.7. The standard InChI is InChI=1S/C17H20N6O2/c1-24-16-12(11-19-17(20-16)25-2)13-10-14(22-7-4-3-5-8-22)15-18-6-9-23(15)21-13/h6,9-11H,3-5,7-8H2,1-2H3. The number of anilines is 1. The molecule has 0 aromatic carbocycles. The summed E-state index contributed by atoms with van der Waals surface area (Å²) in [6.07, 6.45) is 8.96. The highest BCUT2D eigenvalue weighted by molar-refractivity contribution is 5.76. The topological polar surface area (TPSA) is 77.7 Å². The van der Waals surface area contributed by atoms with Gasteiger partial charge in [0.2, 0.25) is 5.88 Å². The average Bonchev–Trinajstić information content (AvgIpc) is 3.16. The third-order valence-corrected chi connectivity index (χ3v) is 4.42. The van der Waals surface area contributed by atoms with Crippen LogP contribution in [-0.2, 0) is 0 Å². The molecule has 25 heavy (non-hydrogen) atoms. The Bertz CT molecular complexity index is 888. The molecule has 4 heterocycles. The van der Waals surface area contributed by atoms with Crippen LogP contribution in [0.4, 0.5) is 5.69 Å². The lowest BCUT2D eigenvalue weighted by Gasteiger charge is -2.29. The molecule has 0 N–H and O–H groups in total. The highest BCUT2D eigenvalue weighted by Crippen LogP contribution is 2.32. The molecule has 8 heteroatoms. The number of nitrogens with zero attached hydrogens (tertiary/aromatic N) is 6. The molecule has 0 aliphatic carbocycles. The summed E-state index contributed by atoms with van der Waals surface area (Å²) in [5.41, 5.74) is 3.40. The van der Waals surface area contributed by atoms with Crippen molar-refractivity contribution in [2.75, 3.05) is 32.2 Å². The van der Waals surface area contributed by atoms with Crippen LogP contribution < -0.4 is 14.4 Å². The van der Waals surface area contributed by atoms with E-state index in [1.807, 2.05) is 12.3 Å². The van der Waals surface area contributed by atoms with Crippen LogP contribution in [0.15, 0.2) is 24.7 Å². The number of piperidine rings is 1. The highest BCUT2D eigenvalue weighted by atomic mass is 16.5. The fraction of sp³-hybridized carbons (Fsp3) is 0.412. The number of fused-ring (bicyclic) bond motifs is 1. The Labute approximate surface area is 145 Å². The van der Waals surface area contributed by atoms with E-state index in [1.165, 1.54) is 26.4 Å². The largest absolute Gasteiger partial charge is 0.480 e. The molecule has 0 saturated carbocycles. The van der Waals surface area contributed by atoms with Gasteiger partial charge in [-0.1, -0.05) is 0 Å². The van der Waals surface area contributed by atoms with Gasteiger partial charge >= 0.3 is 6.01 Å². The molecule has 0 bridgehead atoms. The van der Waals surface area contributed by atoms with E-state index < -0.39 is 0 Å². The average molecular weight is 340 g/mol. The number of hydrogen-bond donors (Lipinski definition) is 0. The van der Waals surface area contributed by atoms with E-state index in [2.05, 4.69) is 25.0 Å². The first-order valence-electron chi connectivity index (χ1n) is 8.35. The number of imidazole rings is 1. The Balaban J connectivity index is 1.85. The molecule has 0 atom stereocenters. The Hall–Kier alpha value is -2.90. The maximum Gasteiger partial charge on any atom is 0.319 e. The van der Waals surface area contributed by atoms with Crippen LogP contribution in [0, 0.1) is 0 Å². The molecule has 1 fully saturated rings. The number of aromatic nitrogens is 5. The van der Waals surface area contributed by atoms with E-state index in [0.717, 1.165) is 35.7 Å². The van der Waals surface area contributed by atoms with Gasteiger partial charge in [0.05, 0.1) is 25.5 Å². The minimum absolute atomic E-state index is 0.264. The summed E-state index contributed by atoms with van der Waals surface area (Å²) in [4.78, 5) is 15.3. The lowest BCUT2D eigenvalue weighted by molar-refractivity contribution is 0.353. The summed E-state index contributed by atoms with van der Waals surface area (Å²) in [6.45, 7) is 2.06.